The Labute approximate surface area is 216 Å². The van der Waals surface area contributed by atoms with Crippen LogP contribution in [0.1, 0.15) is 69.8 Å². The third kappa shape index (κ3) is 3.71. The summed E-state index contributed by atoms with van der Waals surface area (Å²) >= 11 is 0. The van der Waals surface area contributed by atoms with Crippen molar-refractivity contribution in [3.05, 3.63) is 90.5 Å². The minimum absolute atomic E-state index is 0.374. The Balaban J connectivity index is 1.44. The van der Waals surface area contributed by atoms with Crippen molar-refractivity contribution in [2.75, 3.05) is 0 Å². The molecule has 0 saturated heterocycles. The van der Waals surface area contributed by atoms with Gasteiger partial charge in [-0.1, -0.05) is 105 Å². The SMILES string of the molecule is c1ccc2c(C3(PC4CCCCC4)CCCCC3)ccc(-n3c4ccccc4c4ccccc43)c2c1. The Hall–Kier alpha value is -2.63. The number of aromatic nitrogens is 1. The van der Waals surface area contributed by atoms with Gasteiger partial charge in [-0.3, -0.25) is 0 Å². The summed E-state index contributed by atoms with van der Waals surface area (Å²) in [6.07, 6.45) is 14.2. The standard InChI is InChI=1S/C34H36NP/c1-3-13-25(14-4-1)36-34(23-11-2-12-24-34)30-21-22-33(27-16-6-5-15-26(27)30)35-31-19-9-7-17-28(31)29-18-8-10-20-32(29)35/h5-10,15-22,25,36H,1-4,11-14,23-24H2. The summed E-state index contributed by atoms with van der Waals surface area (Å²) < 4.78 is 2.51. The summed E-state index contributed by atoms with van der Waals surface area (Å²) in [6, 6.07) is 32.1. The lowest BCUT2D eigenvalue weighted by Crippen LogP contribution is -2.27. The highest BCUT2D eigenvalue weighted by molar-refractivity contribution is 7.40. The van der Waals surface area contributed by atoms with Gasteiger partial charge in [0.15, 0.2) is 0 Å². The van der Waals surface area contributed by atoms with E-state index in [-0.39, 0.29) is 0 Å². The molecule has 1 nitrogen and oxygen atoms in total. The van der Waals surface area contributed by atoms with Crippen LogP contribution in [-0.4, -0.2) is 10.2 Å². The van der Waals surface area contributed by atoms with Crippen molar-refractivity contribution >= 4 is 41.2 Å². The molecule has 2 aliphatic carbocycles. The van der Waals surface area contributed by atoms with Crippen molar-refractivity contribution < 1.29 is 0 Å². The number of benzene rings is 4. The van der Waals surface area contributed by atoms with Gasteiger partial charge < -0.3 is 4.57 Å². The van der Waals surface area contributed by atoms with Crippen LogP contribution in [0, 0.1) is 0 Å². The van der Waals surface area contributed by atoms with Gasteiger partial charge in [0, 0.05) is 21.3 Å². The summed E-state index contributed by atoms with van der Waals surface area (Å²) in [7, 11) is 1.07. The normalized spacial score (nSPS) is 19.1. The minimum Gasteiger partial charge on any atom is -0.309 e. The van der Waals surface area contributed by atoms with Crippen molar-refractivity contribution in [2.24, 2.45) is 0 Å². The second kappa shape index (κ2) is 9.35. The predicted molar refractivity (Wildman–Crippen MR) is 158 cm³/mol. The maximum absolute atomic E-state index is 2.54. The van der Waals surface area contributed by atoms with E-state index in [2.05, 4.69) is 89.5 Å². The van der Waals surface area contributed by atoms with Crippen LogP contribution >= 0.6 is 8.58 Å². The number of fused-ring (bicyclic) bond motifs is 4. The summed E-state index contributed by atoms with van der Waals surface area (Å²) in [6.45, 7) is 0. The van der Waals surface area contributed by atoms with E-state index in [9.17, 15) is 0 Å². The lowest BCUT2D eigenvalue weighted by atomic mass is 9.80. The second-order valence-electron chi connectivity index (χ2n) is 11.2. The molecule has 5 aromatic rings. The molecule has 0 N–H and O–H groups in total. The summed E-state index contributed by atoms with van der Waals surface area (Å²) in [5, 5.41) is 5.94. The predicted octanol–water partition coefficient (Wildman–Crippen LogP) is 10.1. The van der Waals surface area contributed by atoms with Crippen molar-refractivity contribution in [3.8, 4) is 5.69 Å². The molecule has 2 saturated carbocycles. The van der Waals surface area contributed by atoms with Crippen molar-refractivity contribution in [3.63, 3.8) is 0 Å². The highest BCUT2D eigenvalue weighted by atomic mass is 31.1. The Morgan fingerprint density at radius 1 is 0.556 bits per heavy atom. The van der Waals surface area contributed by atoms with Crippen LogP contribution in [0.15, 0.2) is 84.9 Å². The lowest BCUT2D eigenvalue weighted by Gasteiger charge is -2.42. The van der Waals surface area contributed by atoms with E-state index < -0.39 is 0 Å². The highest BCUT2D eigenvalue weighted by Crippen LogP contribution is 2.57. The maximum Gasteiger partial charge on any atom is 0.0541 e. The average molecular weight is 490 g/mol. The van der Waals surface area contributed by atoms with Crippen LogP contribution in [0.2, 0.25) is 0 Å². The van der Waals surface area contributed by atoms with Gasteiger partial charge in [0.1, 0.15) is 0 Å². The first-order chi connectivity index (χ1) is 17.8. The van der Waals surface area contributed by atoms with E-state index in [4.69, 9.17) is 0 Å². The van der Waals surface area contributed by atoms with Gasteiger partial charge >= 0.3 is 0 Å². The number of hydrogen-bond donors (Lipinski definition) is 0. The zero-order valence-corrected chi connectivity index (χ0v) is 22.2. The summed E-state index contributed by atoms with van der Waals surface area (Å²) in [5.74, 6) is 0. The molecule has 0 bridgehead atoms. The van der Waals surface area contributed by atoms with E-state index >= 15 is 0 Å². The van der Waals surface area contributed by atoms with E-state index in [1.807, 2.05) is 0 Å². The van der Waals surface area contributed by atoms with Crippen molar-refractivity contribution in [1.29, 1.82) is 0 Å². The zero-order chi connectivity index (χ0) is 24.0. The minimum atomic E-state index is 0.374. The molecular formula is C34H36NP. The number of nitrogens with zero attached hydrogens (tertiary/aromatic N) is 1. The first kappa shape index (κ1) is 22.6. The molecule has 1 heterocycles. The molecule has 1 atom stereocenters. The van der Waals surface area contributed by atoms with Crippen LogP contribution in [-0.2, 0) is 5.16 Å². The lowest BCUT2D eigenvalue weighted by molar-refractivity contribution is 0.398. The molecule has 4 aromatic carbocycles. The smallest absolute Gasteiger partial charge is 0.0541 e. The topological polar surface area (TPSA) is 4.93 Å². The van der Waals surface area contributed by atoms with Gasteiger partial charge in [0.25, 0.3) is 0 Å². The molecule has 1 aromatic heterocycles. The molecule has 7 rings (SSSR count). The fraction of sp³-hybridized carbons (Fsp3) is 0.353. The molecule has 2 aliphatic rings. The highest BCUT2D eigenvalue weighted by Gasteiger charge is 2.37. The molecule has 0 radical (unpaired) electrons. The molecule has 0 aliphatic heterocycles. The Morgan fingerprint density at radius 2 is 1.11 bits per heavy atom. The van der Waals surface area contributed by atoms with Crippen LogP contribution < -0.4 is 0 Å². The van der Waals surface area contributed by atoms with E-state index in [1.165, 1.54) is 102 Å². The van der Waals surface area contributed by atoms with Crippen molar-refractivity contribution in [1.82, 2.24) is 4.57 Å². The number of rotatable bonds is 4. The quantitative estimate of drug-likeness (QED) is 0.221. The van der Waals surface area contributed by atoms with E-state index in [0.717, 1.165) is 14.2 Å². The first-order valence-corrected chi connectivity index (χ1v) is 15.2. The average Bonchev–Trinajstić information content (AvgIpc) is 3.28. The fourth-order valence-corrected chi connectivity index (χ4v) is 9.86. The number of para-hydroxylation sites is 2. The molecule has 182 valence electrons. The monoisotopic (exact) mass is 489 g/mol. The molecule has 0 amide bonds. The van der Waals surface area contributed by atoms with Crippen LogP contribution in [0.4, 0.5) is 0 Å². The molecule has 2 heteroatoms. The summed E-state index contributed by atoms with van der Waals surface area (Å²) in [4.78, 5) is 0. The maximum atomic E-state index is 2.54. The fourth-order valence-electron chi connectivity index (χ4n) is 7.36. The first-order valence-electron chi connectivity index (χ1n) is 14.1. The number of hydrogen-bond acceptors (Lipinski definition) is 0. The molecular weight excluding hydrogens is 453 g/mol. The molecule has 1 unspecified atom stereocenters. The van der Waals surface area contributed by atoms with Crippen LogP contribution in [0.5, 0.6) is 0 Å². The van der Waals surface area contributed by atoms with Gasteiger partial charge in [-0.15, -0.1) is 8.58 Å². The Morgan fingerprint density at radius 3 is 1.78 bits per heavy atom. The Kier molecular flexibility index (Phi) is 5.86. The second-order valence-corrected chi connectivity index (χ2v) is 13.2. The third-order valence-corrected chi connectivity index (χ3v) is 11.3. The molecule has 36 heavy (non-hydrogen) atoms. The Bertz CT molecular complexity index is 1480. The van der Waals surface area contributed by atoms with Gasteiger partial charge in [-0.2, -0.15) is 0 Å². The largest absolute Gasteiger partial charge is 0.309 e. The molecule has 0 spiro atoms. The van der Waals surface area contributed by atoms with E-state index in [0.29, 0.717) is 5.16 Å². The third-order valence-electron chi connectivity index (χ3n) is 9.03. The van der Waals surface area contributed by atoms with Gasteiger partial charge in [0.2, 0.25) is 0 Å². The zero-order valence-electron chi connectivity index (χ0n) is 21.2. The van der Waals surface area contributed by atoms with Gasteiger partial charge in [-0.05, 0) is 60.5 Å². The van der Waals surface area contributed by atoms with Crippen molar-refractivity contribution in [2.45, 2.75) is 75.0 Å². The van der Waals surface area contributed by atoms with E-state index in [1.54, 1.807) is 5.56 Å². The summed E-state index contributed by atoms with van der Waals surface area (Å²) in [5.41, 5.74) is 6.50. The van der Waals surface area contributed by atoms with Crippen LogP contribution in [0.3, 0.4) is 0 Å². The van der Waals surface area contributed by atoms with Gasteiger partial charge in [0.05, 0.1) is 16.7 Å². The van der Waals surface area contributed by atoms with Crippen LogP contribution in [0.25, 0.3) is 38.3 Å². The van der Waals surface area contributed by atoms with Gasteiger partial charge in [-0.25, -0.2) is 0 Å². The molecule has 2 fully saturated rings.